The third kappa shape index (κ3) is 7.28. The number of carbonyl (C=O) groups excluding carboxylic acids is 3. The van der Waals surface area contributed by atoms with Gasteiger partial charge in [0.25, 0.3) is 0 Å². The smallest absolute Gasteiger partial charge is 0.328 e. The zero-order valence-corrected chi connectivity index (χ0v) is 18.9. The fourth-order valence-electron chi connectivity index (χ4n) is 3.52. The van der Waals surface area contributed by atoms with Crippen LogP contribution < -0.4 is 16.4 Å². The van der Waals surface area contributed by atoms with E-state index in [1.165, 1.54) is 13.4 Å². The summed E-state index contributed by atoms with van der Waals surface area (Å²) in [6.45, 7) is 0. The molecule has 0 spiro atoms. The van der Waals surface area contributed by atoms with E-state index in [9.17, 15) is 14.4 Å². The number of esters is 1. The van der Waals surface area contributed by atoms with Crippen molar-refractivity contribution in [3.05, 3.63) is 90.0 Å². The van der Waals surface area contributed by atoms with Crippen LogP contribution in [0.1, 0.15) is 16.8 Å². The first-order chi connectivity index (χ1) is 16.5. The van der Waals surface area contributed by atoms with E-state index in [-0.39, 0.29) is 12.8 Å². The summed E-state index contributed by atoms with van der Waals surface area (Å²) in [7, 11) is 1.25. The molecule has 0 aliphatic carbocycles. The number of aromatic nitrogens is 2. The Balaban J connectivity index is 1.73. The van der Waals surface area contributed by atoms with Crippen molar-refractivity contribution in [2.75, 3.05) is 7.11 Å². The summed E-state index contributed by atoms with van der Waals surface area (Å²) in [5, 5.41) is 5.46. The van der Waals surface area contributed by atoms with Gasteiger partial charge in [0.1, 0.15) is 12.1 Å². The summed E-state index contributed by atoms with van der Waals surface area (Å²) in [6.07, 6.45) is 3.77. The number of carbonyl (C=O) groups is 3. The summed E-state index contributed by atoms with van der Waals surface area (Å²) in [5.74, 6) is -1.57. The monoisotopic (exact) mass is 463 g/mol. The third-order valence-corrected chi connectivity index (χ3v) is 5.33. The van der Waals surface area contributed by atoms with Crippen LogP contribution in [0.2, 0.25) is 0 Å². The fourth-order valence-corrected chi connectivity index (χ4v) is 3.52. The van der Waals surface area contributed by atoms with Crippen molar-refractivity contribution in [3.63, 3.8) is 0 Å². The van der Waals surface area contributed by atoms with Gasteiger partial charge in [-0.25, -0.2) is 9.78 Å². The van der Waals surface area contributed by atoms with E-state index in [4.69, 9.17) is 10.5 Å². The van der Waals surface area contributed by atoms with Gasteiger partial charge in [-0.05, 0) is 17.5 Å². The number of H-pyrrole nitrogens is 1. The zero-order valence-electron chi connectivity index (χ0n) is 18.9. The number of nitrogens with two attached hydrogens (primary N) is 1. The molecular weight excluding hydrogens is 434 g/mol. The SMILES string of the molecule is COC(=O)C(Cc1cnc[nH]1)NC(=O)C(Cc1ccccc1)NC(=O)C(N)Cc1ccccc1. The van der Waals surface area contributed by atoms with E-state index in [0.29, 0.717) is 12.1 Å². The van der Waals surface area contributed by atoms with Gasteiger partial charge in [0.2, 0.25) is 11.8 Å². The van der Waals surface area contributed by atoms with Crippen molar-refractivity contribution >= 4 is 17.8 Å². The summed E-state index contributed by atoms with van der Waals surface area (Å²) < 4.78 is 4.85. The highest BCUT2D eigenvalue weighted by molar-refractivity contribution is 5.92. The highest BCUT2D eigenvalue weighted by Gasteiger charge is 2.29. The average molecular weight is 464 g/mol. The second-order valence-corrected chi connectivity index (χ2v) is 7.91. The predicted molar refractivity (Wildman–Crippen MR) is 126 cm³/mol. The zero-order chi connectivity index (χ0) is 24.3. The van der Waals surface area contributed by atoms with Crippen molar-refractivity contribution in [3.8, 4) is 0 Å². The lowest BCUT2D eigenvalue weighted by molar-refractivity contribution is -0.145. The molecule has 0 saturated carbocycles. The first-order valence-electron chi connectivity index (χ1n) is 11.0. The first-order valence-corrected chi connectivity index (χ1v) is 11.0. The molecule has 178 valence electrons. The molecule has 34 heavy (non-hydrogen) atoms. The minimum absolute atomic E-state index is 0.165. The number of rotatable bonds is 11. The van der Waals surface area contributed by atoms with E-state index in [1.54, 1.807) is 6.20 Å². The lowest BCUT2D eigenvalue weighted by atomic mass is 10.0. The van der Waals surface area contributed by atoms with Gasteiger partial charge in [-0.1, -0.05) is 60.7 Å². The van der Waals surface area contributed by atoms with Gasteiger partial charge in [0, 0.05) is 24.7 Å². The Bertz CT molecular complexity index is 1060. The molecule has 0 radical (unpaired) electrons. The number of methoxy groups -OCH3 is 1. The minimum Gasteiger partial charge on any atom is -0.467 e. The van der Waals surface area contributed by atoms with E-state index in [1.807, 2.05) is 60.7 Å². The van der Waals surface area contributed by atoms with Gasteiger partial charge < -0.3 is 26.1 Å². The van der Waals surface area contributed by atoms with E-state index >= 15 is 0 Å². The molecule has 0 fully saturated rings. The molecule has 3 aromatic rings. The predicted octanol–water partition coefficient (Wildman–Crippen LogP) is 0.908. The van der Waals surface area contributed by atoms with Gasteiger partial charge in [0.05, 0.1) is 19.5 Å². The molecule has 1 aromatic heterocycles. The number of ether oxygens (including phenoxy) is 1. The van der Waals surface area contributed by atoms with Crippen molar-refractivity contribution in [2.45, 2.75) is 37.4 Å². The molecule has 9 heteroatoms. The Morgan fingerprint density at radius 3 is 2.03 bits per heavy atom. The molecule has 9 nitrogen and oxygen atoms in total. The van der Waals surface area contributed by atoms with Gasteiger partial charge >= 0.3 is 5.97 Å². The minimum atomic E-state index is -0.953. The maximum absolute atomic E-state index is 13.2. The van der Waals surface area contributed by atoms with E-state index < -0.39 is 35.9 Å². The first kappa shape index (κ1) is 24.7. The Hall–Kier alpha value is -3.98. The number of nitrogens with zero attached hydrogens (tertiary/aromatic N) is 1. The van der Waals surface area contributed by atoms with Crippen LogP contribution >= 0.6 is 0 Å². The molecule has 2 amide bonds. The van der Waals surface area contributed by atoms with Crippen LogP contribution in [-0.4, -0.2) is 53.0 Å². The summed E-state index contributed by atoms with van der Waals surface area (Å²) >= 11 is 0. The van der Waals surface area contributed by atoms with Gasteiger partial charge in [-0.15, -0.1) is 0 Å². The maximum atomic E-state index is 13.2. The quantitative estimate of drug-likeness (QED) is 0.312. The molecule has 1 heterocycles. The number of aromatic amines is 1. The average Bonchev–Trinajstić information content (AvgIpc) is 3.37. The number of imidazole rings is 1. The lowest BCUT2D eigenvalue weighted by Crippen LogP contribution is -2.56. The highest BCUT2D eigenvalue weighted by Crippen LogP contribution is 2.08. The number of benzene rings is 2. The number of amides is 2. The van der Waals surface area contributed by atoms with Crippen LogP contribution in [0.5, 0.6) is 0 Å². The fraction of sp³-hybridized carbons (Fsp3) is 0.280. The Morgan fingerprint density at radius 2 is 1.47 bits per heavy atom. The van der Waals surface area contributed by atoms with Crippen molar-refractivity contribution < 1.29 is 19.1 Å². The molecule has 0 saturated heterocycles. The topological polar surface area (TPSA) is 139 Å². The molecule has 2 aromatic carbocycles. The standard InChI is InChI=1S/C25H29N5O4/c1-34-25(33)22(14-19-15-27-16-28-19)30-24(32)21(13-18-10-6-3-7-11-18)29-23(31)20(26)12-17-8-4-2-5-9-17/h2-11,15-16,20-22H,12-14,26H2,1H3,(H,27,28)(H,29,31)(H,30,32). The van der Waals surface area contributed by atoms with Crippen LogP contribution in [0.15, 0.2) is 73.2 Å². The molecule has 5 N–H and O–H groups in total. The van der Waals surface area contributed by atoms with Crippen LogP contribution in [-0.2, 0) is 38.4 Å². The second kappa shape index (κ2) is 12.3. The number of hydrogen-bond donors (Lipinski definition) is 4. The molecule has 0 aliphatic heterocycles. The third-order valence-electron chi connectivity index (χ3n) is 5.33. The van der Waals surface area contributed by atoms with Crippen molar-refractivity contribution in [1.29, 1.82) is 0 Å². The number of nitrogens with one attached hydrogen (secondary N) is 3. The molecular formula is C25H29N5O4. The lowest BCUT2D eigenvalue weighted by Gasteiger charge is -2.23. The van der Waals surface area contributed by atoms with Crippen LogP contribution in [0.3, 0.4) is 0 Å². The van der Waals surface area contributed by atoms with Gasteiger partial charge in [-0.3, -0.25) is 9.59 Å². The van der Waals surface area contributed by atoms with Crippen molar-refractivity contribution in [1.82, 2.24) is 20.6 Å². The van der Waals surface area contributed by atoms with Gasteiger partial charge in [0.15, 0.2) is 0 Å². The largest absolute Gasteiger partial charge is 0.467 e. The summed E-state index contributed by atoms with van der Waals surface area (Å²) in [4.78, 5) is 45.2. The normalized spacial score (nSPS) is 13.4. The van der Waals surface area contributed by atoms with Crippen LogP contribution in [0.4, 0.5) is 0 Å². The molecule has 0 bridgehead atoms. The van der Waals surface area contributed by atoms with Gasteiger partial charge in [-0.2, -0.15) is 0 Å². The highest BCUT2D eigenvalue weighted by atomic mass is 16.5. The Labute approximate surface area is 198 Å². The van der Waals surface area contributed by atoms with E-state index in [0.717, 1.165) is 11.1 Å². The number of hydrogen-bond acceptors (Lipinski definition) is 6. The Morgan fingerprint density at radius 1 is 0.882 bits per heavy atom. The van der Waals surface area contributed by atoms with Crippen LogP contribution in [0, 0.1) is 0 Å². The molecule has 3 unspecified atom stereocenters. The maximum Gasteiger partial charge on any atom is 0.328 e. The summed E-state index contributed by atoms with van der Waals surface area (Å²) in [5.41, 5.74) is 8.55. The van der Waals surface area contributed by atoms with E-state index in [2.05, 4.69) is 20.6 Å². The molecule has 0 aliphatic rings. The Kier molecular flexibility index (Phi) is 8.93. The summed E-state index contributed by atoms with van der Waals surface area (Å²) in [6, 6.07) is 16.0. The van der Waals surface area contributed by atoms with Crippen LogP contribution in [0.25, 0.3) is 0 Å². The van der Waals surface area contributed by atoms with Crippen molar-refractivity contribution in [2.24, 2.45) is 5.73 Å². The molecule has 3 atom stereocenters. The second-order valence-electron chi connectivity index (χ2n) is 7.91. The molecule has 3 rings (SSSR count).